The fourth-order valence-electron chi connectivity index (χ4n) is 4.71. The van der Waals surface area contributed by atoms with Crippen molar-refractivity contribution in [1.29, 1.82) is 0 Å². The van der Waals surface area contributed by atoms with Gasteiger partial charge in [-0.3, -0.25) is 19.2 Å². The molecule has 0 spiro atoms. The molecule has 0 radical (unpaired) electrons. The predicted octanol–water partition coefficient (Wildman–Crippen LogP) is 4.71. The Balaban J connectivity index is 1.56. The maximum atomic E-state index is 12.9. The molecule has 252 valence electrons. The van der Waals surface area contributed by atoms with Crippen LogP contribution in [0.1, 0.15) is 57.2 Å². The van der Waals surface area contributed by atoms with E-state index >= 15 is 0 Å². The van der Waals surface area contributed by atoms with E-state index in [1.165, 1.54) is 13.0 Å². The summed E-state index contributed by atoms with van der Waals surface area (Å²) in [6.45, 7) is 4.39. The molecule has 46 heavy (non-hydrogen) atoms. The zero-order valence-electron chi connectivity index (χ0n) is 25.9. The minimum Gasteiger partial charge on any atom is -0.489 e. The summed E-state index contributed by atoms with van der Waals surface area (Å²) in [5.41, 5.74) is 0.649. The highest BCUT2D eigenvalue weighted by Crippen LogP contribution is 2.31. The second-order valence-corrected chi connectivity index (χ2v) is 10.5. The monoisotopic (exact) mass is 654 g/mol. The van der Waals surface area contributed by atoms with Gasteiger partial charge in [0, 0.05) is 34.3 Å². The van der Waals surface area contributed by atoms with Crippen LogP contribution in [0, 0.1) is 0 Å². The molecular formula is C32H37F3O11. The Labute approximate surface area is 264 Å². The largest absolute Gasteiger partial charge is 0.489 e. The second kappa shape index (κ2) is 16.9. The van der Waals surface area contributed by atoms with Crippen LogP contribution in [-0.2, 0) is 66.8 Å². The molecule has 1 saturated heterocycles. The number of halogens is 3. The van der Waals surface area contributed by atoms with Crippen molar-refractivity contribution in [3.05, 3.63) is 65.2 Å². The lowest BCUT2D eigenvalue weighted by Crippen LogP contribution is -2.63. The molecule has 11 nitrogen and oxygen atoms in total. The normalized spacial score (nSPS) is 21.2. The van der Waals surface area contributed by atoms with Crippen LogP contribution in [0.3, 0.4) is 0 Å². The van der Waals surface area contributed by atoms with Crippen LogP contribution in [0.5, 0.6) is 5.75 Å². The minimum absolute atomic E-state index is 0.0140. The van der Waals surface area contributed by atoms with Crippen molar-refractivity contribution < 1.29 is 65.5 Å². The van der Waals surface area contributed by atoms with Gasteiger partial charge >= 0.3 is 30.1 Å². The number of aryl methyl sites for hydroxylation is 1. The summed E-state index contributed by atoms with van der Waals surface area (Å²) >= 11 is 0. The summed E-state index contributed by atoms with van der Waals surface area (Å²) < 4.78 is 77.4. The number of esters is 4. The molecule has 1 aliphatic rings. The van der Waals surface area contributed by atoms with Crippen molar-refractivity contribution in [2.24, 2.45) is 0 Å². The van der Waals surface area contributed by atoms with E-state index in [2.05, 4.69) is 0 Å². The van der Waals surface area contributed by atoms with Crippen LogP contribution in [-0.4, -0.2) is 67.8 Å². The summed E-state index contributed by atoms with van der Waals surface area (Å²) in [6, 6.07) is 12.1. The van der Waals surface area contributed by atoms with Gasteiger partial charge in [0.15, 0.2) is 24.6 Å². The number of hydrogen-bond donors (Lipinski definition) is 0. The zero-order valence-corrected chi connectivity index (χ0v) is 25.9. The quantitative estimate of drug-likeness (QED) is 0.159. The molecule has 0 amide bonds. The van der Waals surface area contributed by atoms with E-state index in [1.807, 2.05) is 12.1 Å². The number of carbonyl (C=O) groups excluding carboxylic acids is 4. The fourth-order valence-corrected chi connectivity index (χ4v) is 4.71. The Morgan fingerprint density at radius 3 is 2.00 bits per heavy atom. The van der Waals surface area contributed by atoms with Gasteiger partial charge in [-0.1, -0.05) is 24.3 Å². The Hall–Kier alpha value is -4.17. The Bertz CT molecular complexity index is 1330. The SMILES string of the molecule is CC(=O)OCC1OC(OCCCCc2ccc(OCc3cccc(C(F)(F)F)c3)cc2)C(OC(C)=O)C(OC(C)=O)C1OC(C)=O. The van der Waals surface area contributed by atoms with Crippen molar-refractivity contribution in [1.82, 2.24) is 0 Å². The van der Waals surface area contributed by atoms with Gasteiger partial charge in [0.2, 0.25) is 0 Å². The number of unbranched alkanes of at least 4 members (excludes halogenated alkanes) is 1. The maximum Gasteiger partial charge on any atom is 0.416 e. The Kier molecular flexibility index (Phi) is 13.4. The first kappa shape index (κ1) is 36.3. The molecule has 5 unspecified atom stereocenters. The first-order valence-corrected chi connectivity index (χ1v) is 14.5. The van der Waals surface area contributed by atoms with Gasteiger partial charge in [0.25, 0.3) is 0 Å². The van der Waals surface area contributed by atoms with Crippen LogP contribution >= 0.6 is 0 Å². The first-order valence-electron chi connectivity index (χ1n) is 14.5. The van der Waals surface area contributed by atoms with Gasteiger partial charge in [-0.05, 0) is 54.7 Å². The van der Waals surface area contributed by atoms with Gasteiger partial charge in [0.05, 0.1) is 5.56 Å². The van der Waals surface area contributed by atoms with Crippen molar-refractivity contribution in [3.63, 3.8) is 0 Å². The number of benzene rings is 2. The predicted molar refractivity (Wildman–Crippen MR) is 153 cm³/mol. The molecule has 0 aromatic heterocycles. The molecule has 0 N–H and O–H groups in total. The van der Waals surface area contributed by atoms with E-state index in [-0.39, 0.29) is 19.8 Å². The highest BCUT2D eigenvalue weighted by atomic mass is 19.4. The van der Waals surface area contributed by atoms with Crippen molar-refractivity contribution in [2.45, 2.75) is 90.4 Å². The molecule has 14 heteroatoms. The summed E-state index contributed by atoms with van der Waals surface area (Å²) in [7, 11) is 0. The van der Waals surface area contributed by atoms with Crippen LogP contribution in [0.15, 0.2) is 48.5 Å². The first-order chi connectivity index (χ1) is 21.7. The standard InChI is InChI=1S/C32H37F3O11/c1-19(36)41-18-27-28(43-20(2)37)29(44-21(3)38)30(45-22(4)39)31(46-27)40-15-6-5-8-23-11-13-26(14-12-23)42-17-24-9-7-10-25(16-24)32(33,34)35/h7,9-14,16,27-31H,5-6,8,15,17-18H2,1-4H3. The van der Waals surface area contributed by atoms with E-state index < -0.39 is 66.3 Å². The van der Waals surface area contributed by atoms with Gasteiger partial charge in [-0.25, -0.2) is 0 Å². The third-order valence-electron chi connectivity index (χ3n) is 6.67. The summed E-state index contributed by atoms with van der Waals surface area (Å²) in [4.78, 5) is 47.2. The molecule has 3 rings (SSSR count). The topological polar surface area (TPSA) is 133 Å². The third-order valence-corrected chi connectivity index (χ3v) is 6.67. The number of ether oxygens (including phenoxy) is 7. The van der Waals surface area contributed by atoms with Crippen LogP contribution in [0.25, 0.3) is 0 Å². The van der Waals surface area contributed by atoms with E-state index in [1.54, 1.807) is 18.2 Å². The molecule has 1 fully saturated rings. The minimum atomic E-state index is -4.43. The van der Waals surface area contributed by atoms with Crippen LogP contribution in [0.4, 0.5) is 13.2 Å². The van der Waals surface area contributed by atoms with Gasteiger partial charge < -0.3 is 33.2 Å². The van der Waals surface area contributed by atoms with Gasteiger partial charge in [-0.15, -0.1) is 0 Å². The van der Waals surface area contributed by atoms with Crippen molar-refractivity contribution >= 4 is 23.9 Å². The number of carbonyl (C=O) groups is 4. The van der Waals surface area contributed by atoms with Crippen LogP contribution < -0.4 is 4.74 Å². The number of alkyl halides is 3. The smallest absolute Gasteiger partial charge is 0.416 e. The maximum absolute atomic E-state index is 12.9. The second-order valence-electron chi connectivity index (χ2n) is 10.5. The molecule has 0 aliphatic carbocycles. The van der Waals surface area contributed by atoms with Crippen molar-refractivity contribution in [3.8, 4) is 5.75 Å². The van der Waals surface area contributed by atoms with E-state index in [4.69, 9.17) is 33.2 Å². The fraction of sp³-hybridized carbons (Fsp3) is 0.500. The lowest BCUT2D eigenvalue weighted by atomic mass is 9.98. The van der Waals surface area contributed by atoms with Gasteiger partial charge in [-0.2, -0.15) is 13.2 Å². The lowest BCUT2D eigenvalue weighted by Gasteiger charge is -2.44. The lowest BCUT2D eigenvalue weighted by molar-refractivity contribution is -0.308. The Morgan fingerprint density at radius 2 is 1.39 bits per heavy atom. The van der Waals surface area contributed by atoms with E-state index in [0.29, 0.717) is 30.6 Å². The zero-order chi connectivity index (χ0) is 33.9. The summed E-state index contributed by atoms with van der Waals surface area (Å²) in [5, 5.41) is 0. The summed E-state index contributed by atoms with van der Waals surface area (Å²) in [5.74, 6) is -2.30. The average molecular weight is 655 g/mol. The van der Waals surface area contributed by atoms with Crippen molar-refractivity contribution in [2.75, 3.05) is 13.2 Å². The summed E-state index contributed by atoms with van der Waals surface area (Å²) in [6.07, 6.45) is -8.74. The van der Waals surface area contributed by atoms with Gasteiger partial charge in [0.1, 0.15) is 25.1 Å². The number of hydrogen-bond acceptors (Lipinski definition) is 11. The molecule has 0 bridgehead atoms. The molecule has 0 saturated carbocycles. The highest BCUT2D eigenvalue weighted by molar-refractivity contribution is 5.68. The molecule has 5 atom stereocenters. The molecule has 1 aliphatic heterocycles. The third kappa shape index (κ3) is 11.6. The molecular weight excluding hydrogens is 617 g/mol. The van der Waals surface area contributed by atoms with Crippen LogP contribution in [0.2, 0.25) is 0 Å². The molecule has 2 aromatic carbocycles. The average Bonchev–Trinajstić information content (AvgIpc) is 2.97. The molecule has 2 aromatic rings. The number of rotatable bonds is 14. The molecule has 1 heterocycles. The Morgan fingerprint density at radius 1 is 0.761 bits per heavy atom. The van der Waals surface area contributed by atoms with E-state index in [9.17, 15) is 32.3 Å². The highest BCUT2D eigenvalue weighted by Gasteiger charge is 2.52. The van der Waals surface area contributed by atoms with E-state index in [0.717, 1.165) is 38.5 Å².